The topological polar surface area (TPSA) is 222 Å². The molecular formula is C34H44N9O7+. The number of rotatable bonds is 15. The van der Waals surface area contributed by atoms with E-state index >= 15 is 0 Å². The summed E-state index contributed by atoms with van der Waals surface area (Å²) in [6, 6.07) is 17.7. The molecule has 0 spiro atoms. The van der Waals surface area contributed by atoms with Gasteiger partial charge in [-0.3, -0.25) is 20.2 Å². The number of benzene rings is 2. The number of nitrogens with one attached hydrogen (secondary N) is 4. The van der Waals surface area contributed by atoms with Crippen LogP contribution in [-0.4, -0.2) is 92.2 Å². The molecule has 0 aliphatic carbocycles. The van der Waals surface area contributed by atoms with Crippen molar-refractivity contribution in [2.45, 2.75) is 69.5 Å². The molecule has 16 heteroatoms. The zero-order valence-corrected chi connectivity index (χ0v) is 27.8. The molecule has 4 aromatic rings. The third kappa shape index (κ3) is 9.64. The van der Waals surface area contributed by atoms with Gasteiger partial charge < -0.3 is 35.5 Å². The van der Waals surface area contributed by atoms with Crippen molar-refractivity contribution in [1.29, 1.82) is 0 Å². The van der Waals surface area contributed by atoms with Gasteiger partial charge in [-0.1, -0.05) is 60.7 Å². The normalized spacial score (nSPS) is 19.5. The lowest BCUT2D eigenvalue weighted by molar-refractivity contribution is -0.425. The van der Waals surface area contributed by atoms with Gasteiger partial charge in [0.2, 0.25) is 0 Å². The zero-order valence-electron chi connectivity index (χ0n) is 27.8. The number of nitrogens with two attached hydrogens (primary N) is 1. The Morgan fingerprint density at radius 2 is 1.60 bits per heavy atom. The summed E-state index contributed by atoms with van der Waals surface area (Å²) in [5.74, 6) is 0.326. The van der Waals surface area contributed by atoms with Gasteiger partial charge in [-0.25, -0.2) is 24.5 Å². The monoisotopic (exact) mass is 690 g/mol. The number of esters is 1. The van der Waals surface area contributed by atoms with Crippen molar-refractivity contribution in [1.82, 2.24) is 35.5 Å². The molecule has 0 unspecified atom stereocenters. The Morgan fingerprint density at radius 1 is 0.940 bits per heavy atom. The van der Waals surface area contributed by atoms with Crippen LogP contribution >= 0.6 is 0 Å². The van der Waals surface area contributed by atoms with Gasteiger partial charge in [-0.2, -0.15) is 0 Å². The minimum Gasteiger partial charge on any atom is -0.459 e. The van der Waals surface area contributed by atoms with E-state index in [1.807, 2.05) is 60.7 Å². The molecule has 2 aromatic carbocycles. The van der Waals surface area contributed by atoms with E-state index in [-0.39, 0.29) is 19.0 Å². The summed E-state index contributed by atoms with van der Waals surface area (Å²) in [5.41, 5.74) is 8.34. The zero-order chi connectivity index (χ0) is 35.3. The smallest absolute Gasteiger partial charge is 0.408 e. The highest BCUT2D eigenvalue weighted by Crippen LogP contribution is 2.33. The van der Waals surface area contributed by atoms with E-state index in [1.165, 1.54) is 12.7 Å². The van der Waals surface area contributed by atoms with E-state index in [1.54, 1.807) is 11.6 Å². The van der Waals surface area contributed by atoms with Gasteiger partial charge in [0.15, 0.2) is 17.7 Å². The largest absolute Gasteiger partial charge is 0.459 e. The molecule has 0 radical (unpaired) electrons. The van der Waals surface area contributed by atoms with Crippen LogP contribution in [0.2, 0.25) is 0 Å². The number of aliphatic hydroxyl groups is 2. The molecule has 1 saturated heterocycles. The van der Waals surface area contributed by atoms with Crippen LogP contribution in [0.1, 0.15) is 43.0 Å². The van der Waals surface area contributed by atoms with Gasteiger partial charge in [-0.15, -0.1) is 0 Å². The van der Waals surface area contributed by atoms with Crippen LogP contribution in [0.25, 0.3) is 11.2 Å². The number of fused-ring (bicyclic) bond motifs is 1. The molecule has 1 aliphatic rings. The molecule has 1 aliphatic heterocycles. The Bertz CT molecular complexity index is 1710. The highest BCUT2D eigenvalue weighted by Gasteiger charge is 2.44. The molecule has 5 rings (SSSR count). The first kappa shape index (κ1) is 36.0. The summed E-state index contributed by atoms with van der Waals surface area (Å²) < 4.78 is 18.4. The number of carbonyl (C=O) groups is 2. The minimum absolute atomic E-state index is 0.0753. The summed E-state index contributed by atoms with van der Waals surface area (Å²) in [6.45, 7) is 1.19. The first-order valence-electron chi connectivity index (χ1n) is 16.5. The van der Waals surface area contributed by atoms with Crippen molar-refractivity contribution >= 4 is 35.0 Å². The number of nitrogens with zero attached hydrogens (tertiary/aromatic N) is 4. The van der Waals surface area contributed by atoms with Crippen LogP contribution in [0.3, 0.4) is 0 Å². The first-order valence-corrected chi connectivity index (χ1v) is 16.5. The molecule has 5 atom stereocenters. The molecule has 1 fully saturated rings. The number of imidazole rings is 1. The predicted octanol–water partition coefficient (Wildman–Crippen LogP) is -0.128. The fourth-order valence-corrected chi connectivity index (χ4v) is 5.51. The lowest BCUT2D eigenvalue weighted by Gasteiger charge is -2.18. The van der Waals surface area contributed by atoms with E-state index in [0.29, 0.717) is 55.9 Å². The second-order valence-electron chi connectivity index (χ2n) is 11.7. The maximum Gasteiger partial charge on any atom is 0.408 e. The van der Waals surface area contributed by atoms with Crippen molar-refractivity contribution in [2.75, 3.05) is 25.9 Å². The van der Waals surface area contributed by atoms with Crippen LogP contribution in [0, 0.1) is 0 Å². The summed E-state index contributed by atoms with van der Waals surface area (Å²) in [6.07, 6.45) is 0.236. The molecule has 8 N–H and O–H groups in total. The lowest BCUT2D eigenvalue weighted by atomic mass is 10.1. The summed E-state index contributed by atoms with van der Waals surface area (Å²) >= 11 is 0. The number of carbonyl (C=O) groups excluding carboxylic acids is 2. The Labute approximate surface area is 289 Å². The quantitative estimate of drug-likeness (QED) is 0.0375. The van der Waals surface area contributed by atoms with Gasteiger partial charge in [0.05, 0.1) is 32.6 Å². The first-order chi connectivity index (χ1) is 24.3. The molecule has 3 heterocycles. The Balaban J connectivity index is 1.04. The average molecular weight is 691 g/mol. The fourth-order valence-electron chi connectivity index (χ4n) is 5.51. The second-order valence-corrected chi connectivity index (χ2v) is 11.7. The number of aliphatic hydroxyl groups excluding tert-OH is 2. The molecule has 0 bridgehead atoms. The van der Waals surface area contributed by atoms with E-state index in [2.05, 4.69) is 35.9 Å². The van der Waals surface area contributed by atoms with Gasteiger partial charge >= 0.3 is 18.0 Å². The van der Waals surface area contributed by atoms with Crippen LogP contribution in [0.15, 0.2) is 73.3 Å². The highest BCUT2D eigenvalue weighted by molar-refractivity contribution is 5.82. The van der Waals surface area contributed by atoms with Crippen LogP contribution in [0.5, 0.6) is 0 Å². The number of amides is 1. The minimum atomic E-state index is -1.18. The summed E-state index contributed by atoms with van der Waals surface area (Å²) in [5, 5.41) is 30.6. The van der Waals surface area contributed by atoms with E-state index in [9.17, 15) is 19.8 Å². The molecule has 0 saturated carbocycles. The van der Waals surface area contributed by atoms with E-state index in [0.717, 1.165) is 11.1 Å². The average Bonchev–Trinajstić information content (AvgIpc) is 3.69. The summed E-state index contributed by atoms with van der Waals surface area (Å²) in [4.78, 5) is 41.0. The predicted molar refractivity (Wildman–Crippen MR) is 182 cm³/mol. The number of aromatic nitrogens is 4. The standard InChI is InChI=1S/C34H43N9O7/c1-36-33(38-17-9-15-25-27(44)28(45)31(50-25)43-21-41-26-29(35)39-20-40-30(26)43)37-16-8-14-24(32(46)48-18-22-10-4-2-5-11-22)42-34(47)49-19-23-12-6-3-7-13-23/h2-7,10-13,20-21,24-25,27-28,31,44-45H,8-9,14-19H2,1H3,(H,42,47)(H2,35,39,40)(H2,36,37,38)/p+1/t24-,25+,27+,28+,31+/m0/s1. The van der Waals surface area contributed by atoms with Crippen molar-refractivity contribution in [3.63, 3.8) is 0 Å². The fraction of sp³-hybridized carbons (Fsp3) is 0.412. The van der Waals surface area contributed by atoms with Crippen molar-refractivity contribution in [3.05, 3.63) is 84.4 Å². The van der Waals surface area contributed by atoms with Gasteiger partial charge in [0.1, 0.15) is 43.3 Å². The number of ether oxygens (including phenoxy) is 3. The summed E-state index contributed by atoms with van der Waals surface area (Å²) in [7, 11) is 1.76. The van der Waals surface area contributed by atoms with Crippen LogP contribution in [0.4, 0.5) is 10.6 Å². The molecule has 1 amide bonds. The van der Waals surface area contributed by atoms with Crippen molar-refractivity contribution in [3.8, 4) is 0 Å². The van der Waals surface area contributed by atoms with Crippen molar-refractivity contribution in [2.24, 2.45) is 0 Å². The molecule has 2 aromatic heterocycles. The lowest BCUT2D eigenvalue weighted by Crippen LogP contribution is -2.75. The number of hydrogen-bond donors (Lipinski definition) is 7. The Morgan fingerprint density at radius 3 is 2.28 bits per heavy atom. The Kier molecular flexibility index (Phi) is 12.9. The van der Waals surface area contributed by atoms with Gasteiger partial charge in [-0.05, 0) is 36.8 Å². The van der Waals surface area contributed by atoms with E-state index < -0.39 is 42.6 Å². The molecule has 50 heavy (non-hydrogen) atoms. The SMILES string of the molecule is C[NH+]=C(NCCC[C@H](NC(=O)OCc1ccccc1)C(=O)OCc1ccccc1)NCCC[C@H]1O[C@@H](n2cnc3c(N)ncnc32)[C@H](O)[C@@H]1O. The maximum atomic E-state index is 13.0. The maximum absolute atomic E-state index is 13.0. The van der Waals surface area contributed by atoms with Crippen molar-refractivity contribution < 1.29 is 39.0 Å². The third-order valence-electron chi connectivity index (χ3n) is 8.20. The van der Waals surface area contributed by atoms with E-state index in [4.69, 9.17) is 19.9 Å². The highest BCUT2D eigenvalue weighted by atomic mass is 16.6. The number of alkyl carbamates (subject to hydrolysis) is 1. The number of guanidine groups is 1. The number of hydrogen-bond acceptors (Lipinski definition) is 11. The van der Waals surface area contributed by atoms with Gasteiger partial charge in [0, 0.05) is 0 Å². The van der Waals surface area contributed by atoms with Crippen LogP contribution < -0.4 is 26.7 Å². The molecule has 266 valence electrons. The third-order valence-corrected chi connectivity index (χ3v) is 8.20. The van der Waals surface area contributed by atoms with Crippen LogP contribution in [-0.2, 0) is 32.2 Å². The second kappa shape index (κ2) is 17.9. The van der Waals surface area contributed by atoms with Gasteiger partial charge in [0.25, 0.3) is 0 Å². The molecular weight excluding hydrogens is 646 g/mol. The number of anilines is 1. The molecule has 16 nitrogen and oxygen atoms in total. The number of nitrogen functional groups attached to an aromatic ring is 1. The Hall–Kier alpha value is -5.32.